The third-order valence-corrected chi connectivity index (χ3v) is 7.00. The molecule has 0 aliphatic rings. The highest BCUT2D eigenvalue weighted by atomic mass is 32.2. The number of rotatable bonds is 8. The van der Waals surface area contributed by atoms with Gasteiger partial charge in [-0.15, -0.1) is 0 Å². The molecule has 0 saturated heterocycles. The lowest BCUT2D eigenvalue weighted by atomic mass is 10.0. The van der Waals surface area contributed by atoms with Gasteiger partial charge >= 0.3 is 0 Å². The summed E-state index contributed by atoms with van der Waals surface area (Å²) < 4.78 is 30.8. The number of hydrogen-bond acceptors (Lipinski definition) is 4. The number of hydrogen-bond donors (Lipinski definition) is 3. The molecule has 158 valence electrons. The second kappa shape index (κ2) is 8.23. The van der Waals surface area contributed by atoms with Crippen molar-refractivity contribution in [2.24, 2.45) is 7.05 Å². The van der Waals surface area contributed by atoms with Crippen molar-refractivity contribution in [3.8, 4) is 0 Å². The molecule has 0 spiro atoms. The van der Waals surface area contributed by atoms with Crippen molar-refractivity contribution in [1.82, 2.24) is 19.2 Å². The molecule has 0 radical (unpaired) electrons. The number of H-pyrrole nitrogens is 1. The van der Waals surface area contributed by atoms with Crippen molar-refractivity contribution in [2.45, 2.75) is 10.9 Å². The fraction of sp³-hybridized carbons (Fsp3) is 0.273. The number of aromatic nitrogens is 2. The standard InChI is InChI=1S/C22H26N4O3S/c1-25(11-12-27)22(19-15-26(2)21-6-4-3-5-18(19)21)14-24-30(28,29)17-8-7-16-9-10-23-20(16)13-17/h3-10,13,15,22-24,27H,11-12,14H2,1-2H3. The van der Waals surface area contributed by atoms with Crippen molar-refractivity contribution < 1.29 is 13.5 Å². The topological polar surface area (TPSA) is 90.4 Å². The van der Waals surface area contributed by atoms with Crippen LogP contribution in [0.25, 0.3) is 21.8 Å². The van der Waals surface area contributed by atoms with E-state index >= 15 is 0 Å². The van der Waals surface area contributed by atoms with Gasteiger partial charge in [0.15, 0.2) is 0 Å². The largest absolute Gasteiger partial charge is 0.395 e. The van der Waals surface area contributed by atoms with Gasteiger partial charge in [-0.1, -0.05) is 24.3 Å². The minimum atomic E-state index is -3.69. The summed E-state index contributed by atoms with van der Waals surface area (Å²) in [5.74, 6) is 0. The van der Waals surface area contributed by atoms with Crippen LogP contribution < -0.4 is 4.72 Å². The molecule has 8 heteroatoms. The zero-order chi connectivity index (χ0) is 21.3. The van der Waals surface area contributed by atoms with Crippen LogP contribution in [-0.4, -0.2) is 54.7 Å². The number of nitrogens with one attached hydrogen (secondary N) is 2. The second-order valence-electron chi connectivity index (χ2n) is 7.51. The van der Waals surface area contributed by atoms with Crippen LogP contribution in [-0.2, 0) is 17.1 Å². The van der Waals surface area contributed by atoms with E-state index in [-0.39, 0.29) is 24.1 Å². The number of para-hydroxylation sites is 1. The summed E-state index contributed by atoms with van der Waals surface area (Å²) in [5.41, 5.74) is 2.88. The Hall–Kier alpha value is -2.65. The van der Waals surface area contributed by atoms with Crippen LogP contribution in [0, 0.1) is 0 Å². The van der Waals surface area contributed by atoms with Gasteiger partial charge in [-0.2, -0.15) is 0 Å². The summed E-state index contributed by atoms with van der Waals surface area (Å²) in [6.07, 6.45) is 3.82. The first-order valence-electron chi connectivity index (χ1n) is 9.82. The minimum Gasteiger partial charge on any atom is -0.395 e. The van der Waals surface area contributed by atoms with Gasteiger partial charge in [-0.25, -0.2) is 13.1 Å². The van der Waals surface area contributed by atoms with Gasteiger partial charge in [0.2, 0.25) is 10.0 Å². The molecule has 0 saturated carbocycles. The van der Waals surface area contributed by atoms with E-state index in [4.69, 9.17) is 0 Å². The van der Waals surface area contributed by atoms with E-state index in [0.717, 1.165) is 27.4 Å². The first-order valence-corrected chi connectivity index (χ1v) is 11.3. The number of likely N-dealkylation sites (N-methyl/N-ethyl adjacent to an activating group) is 1. The normalized spacial score (nSPS) is 13.5. The van der Waals surface area contributed by atoms with Crippen molar-refractivity contribution in [3.05, 3.63) is 66.5 Å². The Balaban J connectivity index is 1.65. The Kier molecular flexibility index (Phi) is 5.66. The van der Waals surface area contributed by atoms with Crippen molar-refractivity contribution in [2.75, 3.05) is 26.7 Å². The smallest absolute Gasteiger partial charge is 0.240 e. The summed E-state index contributed by atoms with van der Waals surface area (Å²) in [7, 11) is 0.174. The quantitative estimate of drug-likeness (QED) is 0.404. The van der Waals surface area contributed by atoms with Gasteiger partial charge in [0.25, 0.3) is 0 Å². The summed E-state index contributed by atoms with van der Waals surface area (Å²) in [6.45, 7) is 0.619. The average molecular weight is 427 g/mol. The molecular formula is C22H26N4O3S. The lowest BCUT2D eigenvalue weighted by Gasteiger charge is -2.27. The van der Waals surface area contributed by atoms with Gasteiger partial charge in [0.05, 0.1) is 17.5 Å². The number of aryl methyl sites for hydroxylation is 1. The molecule has 3 N–H and O–H groups in total. The van der Waals surface area contributed by atoms with E-state index in [0.29, 0.717) is 6.54 Å². The molecule has 4 aromatic rings. The number of aliphatic hydroxyl groups excluding tert-OH is 1. The fourth-order valence-electron chi connectivity index (χ4n) is 3.92. The number of aromatic amines is 1. The highest BCUT2D eigenvalue weighted by molar-refractivity contribution is 7.89. The van der Waals surface area contributed by atoms with Crippen LogP contribution in [0.5, 0.6) is 0 Å². The number of aliphatic hydroxyl groups is 1. The highest BCUT2D eigenvalue weighted by Crippen LogP contribution is 2.29. The zero-order valence-corrected chi connectivity index (χ0v) is 17.9. The molecule has 0 fully saturated rings. The van der Waals surface area contributed by atoms with E-state index in [1.807, 2.05) is 60.1 Å². The Morgan fingerprint density at radius 2 is 2.00 bits per heavy atom. The maximum Gasteiger partial charge on any atom is 0.240 e. The van der Waals surface area contributed by atoms with E-state index in [9.17, 15) is 13.5 Å². The molecule has 2 aromatic carbocycles. The monoisotopic (exact) mass is 426 g/mol. The van der Waals surface area contributed by atoms with Gasteiger partial charge in [-0.3, -0.25) is 4.90 Å². The van der Waals surface area contributed by atoms with Gasteiger partial charge in [0.1, 0.15) is 0 Å². The number of sulfonamides is 1. The maximum absolute atomic E-state index is 13.0. The zero-order valence-electron chi connectivity index (χ0n) is 17.0. The third kappa shape index (κ3) is 3.87. The van der Waals surface area contributed by atoms with Gasteiger partial charge in [0, 0.05) is 49.0 Å². The molecule has 4 rings (SSSR count). The first kappa shape index (κ1) is 20.6. The van der Waals surface area contributed by atoms with Crippen molar-refractivity contribution in [3.63, 3.8) is 0 Å². The summed E-state index contributed by atoms with van der Waals surface area (Å²) in [4.78, 5) is 5.24. The minimum absolute atomic E-state index is 0.00594. The van der Waals surface area contributed by atoms with Crippen LogP contribution in [0.15, 0.2) is 65.8 Å². The van der Waals surface area contributed by atoms with Crippen LogP contribution >= 0.6 is 0 Å². The van der Waals surface area contributed by atoms with Crippen molar-refractivity contribution in [1.29, 1.82) is 0 Å². The van der Waals surface area contributed by atoms with Gasteiger partial charge < -0.3 is 14.7 Å². The predicted octanol–water partition coefficient (Wildman–Crippen LogP) is 2.60. The molecule has 30 heavy (non-hydrogen) atoms. The van der Waals surface area contributed by atoms with E-state index in [1.165, 1.54) is 0 Å². The Bertz CT molecular complexity index is 1280. The molecule has 0 amide bonds. The molecule has 0 aliphatic carbocycles. The average Bonchev–Trinajstić information content (AvgIpc) is 3.33. The third-order valence-electron chi connectivity index (χ3n) is 5.58. The second-order valence-corrected chi connectivity index (χ2v) is 9.28. The number of benzene rings is 2. The van der Waals surface area contributed by atoms with Crippen LogP contribution in [0.4, 0.5) is 0 Å². The highest BCUT2D eigenvalue weighted by Gasteiger charge is 2.24. The molecule has 1 unspecified atom stereocenters. The van der Waals surface area contributed by atoms with E-state index in [1.54, 1.807) is 24.4 Å². The summed E-state index contributed by atoms with van der Waals surface area (Å²) in [6, 6.07) is 14.8. The van der Waals surface area contributed by atoms with Crippen molar-refractivity contribution >= 4 is 31.8 Å². The van der Waals surface area contributed by atoms with Gasteiger partial charge in [-0.05, 0) is 42.3 Å². The van der Waals surface area contributed by atoms with Crippen LogP contribution in [0.3, 0.4) is 0 Å². The van der Waals surface area contributed by atoms with Crippen LogP contribution in [0.2, 0.25) is 0 Å². The molecule has 0 bridgehead atoms. The Morgan fingerprint density at radius 1 is 1.20 bits per heavy atom. The predicted molar refractivity (Wildman–Crippen MR) is 119 cm³/mol. The summed E-state index contributed by atoms with van der Waals surface area (Å²) >= 11 is 0. The van der Waals surface area contributed by atoms with Crippen LogP contribution in [0.1, 0.15) is 11.6 Å². The lowest BCUT2D eigenvalue weighted by Crippen LogP contribution is -2.37. The lowest BCUT2D eigenvalue weighted by molar-refractivity contribution is 0.182. The molecule has 2 aromatic heterocycles. The molecule has 7 nitrogen and oxygen atoms in total. The molecule has 2 heterocycles. The Labute approximate surface area is 176 Å². The number of fused-ring (bicyclic) bond motifs is 2. The maximum atomic E-state index is 13.0. The number of nitrogens with zero attached hydrogens (tertiary/aromatic N) is 2. The fourth-order valence-corrected chi connectivity index (χ4v) is 4.99. The van der Waals surface area contributed by atoms with E-state index in [2.05, 4.69) is 9.71 Å². The van der Waals surface area contributed by atoms with E-state index < -0.39 is 10.0 Å². The molecular weight excluding hydrogens is 400 g/mol. The first-order chi connectivity index (χ1) is 14.4. The Morgan fingerprint density at radius 3 is 2.80 bits per heavy atom. The molecule has 0 aliphatic heterocycles. The summed E-state index contributed by atoms with van der Waals surface area (Å²) in [5, 5.41) is 11.5. The SMILES string of the molecule is CN(CCO)C(CNS(=O)(=O)c1ccc2cc[nH]c2c1)c1cn(C)c2ccccc12. The molecule has 1 atom stereocenters.